The molecule has 1 aliphatic rings. The molecular formula is C10H20N2O2. The molecule has 0 unspecified atom stereocenters. The fourth-order valence-electron chi connectivity index (χ4n) is 2.00. The molecule has 4 nitrogen and oxygen atoms in total. The van der Waals surface area contributed by atoms with E-state index in [1.165, 1.54) is 0 Å². The highest BCUT2D eigenvalue weighted by Crippen LogP contribution is 2.18. The van der Waals surface area contributed by atoms with E-state index in [2.05, 4.69) is 10.6 Å². The van der Waals surface area contributed by atoms with Crippen LogP contribution in [0.15, 0.2) is 0 Å². The van der Waals surface area contributed by atoms with Gasteiger partial charge in [0.25, 0.3) is 0 Å². The van der Waals surface area contributed by atoms with Crippen LogP contribution < -0.4 is 10.6 Å². The van der Waals surface area contributed by atoms with Gasteiger partial charge in [0, 0.05) is 25.6 Å². The summed E-state index contributed by atoms with van der Waals surface area (Å²) in [5, 5.41) is 14.9. The van der Waals surface area contributed by atoms with Crippen LogP contribution in [0, 0.1) is 0 Å². The van der Waals surface area contributed by atoms with Gasteiger partial charge in [0.1, 0.15) is 0 Å². The quantitative estimate of drug-likeness (QED) is 0.599. The second-order valence-corrected chi connectivity index (χ2v) is 3.93. The van der Waals surface area contributed by atoms with Gasteiger partial charge in [-0.05, 0) is 25.7 Å². The number of aliphatic hydroxyl groups is 1. The van der Waals surface area contributed by atoms with Gasteiger partial charge in [-0.1, -0.05) is 0 Å². The molecule has 0 saturated heterocycles. The topological polar surface area (TPSA) is 61.4 Å². The van der Waals surface area contributed by atoms with Crippen LogP contribution in [0.5, 0.6) is 0 Å². The van der Waals surface area contributed by atoms with Crippen LogP contribution in [0.2, 0.25) is 0 Å². The summed E-state index contributed by atoms with van der Waals surface area (Å²) in [5.74, 6) is 0.0665. The molecule has 14 heavy (non-hydrogen) atoms. The van der Waals surface area contributed by atoms with Crippen molar-refractivity contribution in [1.82, 2.24) is 10.6 Å². The van der Waals surface area contributed by atoms with Crippen LogP contribution in [-0.2, 0) is 4.79 Å². The molecule has 0 heterocycles. The number of nitrogens with one attached hydrogen (secondary N) is 2. The summed E-state index contributed by atoms with van der Waals surface area (Å²) >= 11 is 0. The third-order valence-electron chi connectivity index (χ3n) is 2.68. The SMILES string of the molecule is CC(=O)NC1CCC(NCCO)CC1. The fourth-order valence-corrected chi connectivity index (χ4v) is 2.00. The van der Waals surface area contributed by atoms with E-state index in [1.807, 2.05) is 0 Å². The normalized spacial score (nSPS) is 27.3. The Morgan fingerprint density at radius 3 is 2.36 bits per heavy atom. The van der Waals surface area contributed by atoms with Crippen molar-refractivity contribution in [2.45, 2.75) is 44.7 Å². The summed E-state index contributed by atoms with van der Waals surface area (Å²) in [6.07, 6.45) is 4.27. The van der Waals surface area contributed by atoms with Gasteiger partial charge in [-0.15, -0.1) is 0 Å². The minimum Gasteiger partial charge on any atom is -0.395 e. The second kappa shape index (κ2) is 5.98. The van der Waals surface area contributed by atoms with Crippen LogP contribution >= 0.6 is 0 Å². The number of rotatable bonds is 4. The number of amides is 1. The molecule has 0 aliphatic heterocycles. The third-order valence-corrected chi connectivity index (χ3v) is 2.68. The Kier molecular flexibility index (Phi) is 4.90. The maximum atomic E-state index is 10.8. The van der Waals surface area contributed by atoms with Gasteiger partial charge in [0.05, 0.1) is 6.61 Å². The van der Waals surface area contributed by atoms with Crippen molar-refractivity contribution in [3.05, 3.63) is 0 Å². The van der Waals surface area contributed by atoms with E-state index < -0.39 is 0 Å². The zero-order chi connectivity index (χ0) is 10.4. The van der Waals surface area contributed by atoms with Crippen molar-refractivity contribution in [1.29, 1.82) is 0 Å². The average Bonchev–Trinajstić information content (AvgIpc) is 2.16. The van der Waals surface area contributed by atoms with Gasteiger partial charge < -0.3 is 15.7 Å². The molecule has 1 amide bonds. The van der Waals surface area contributed by atoms with Crippen molar-refractivity contribution >= 4 is 5.91 Å². The maximum absolute atomic E-state index is 10.8. The van der Waals surface area contributed by atoms with Crippen molar-refractivity contribution in [3.8, 4) is 0 Å². The predicted molar refractivity (Wildman–Crippen MR) is 54.9 cm³/mol. The lowest BCUT2D eigenvalue weighted by Gasteiger charge is -2.29. The minimum atomic E-state index is 0.0665. The third kappa shape index (κ3) is 4.07. The number of aliphatic hydroxyl groups excluding tert-OH is 1. The monoisotopic (exact) mass is 200 g/mol. The Bertz CT molecular complexity index is 177. The van der Waals surface area contributed by atoms with Gasteiger partial charge in [-0.3, -0.25) is 4.79 Å². The first kappa shape index (κ1) is 11.5. The molecular weight excluding hydrogens is 180 g/mol. The number of hydrogen-bond acceptors (Lipinski definition) is 3. The predicted octanol–water partition coefficient (Wildman–Crippen LogP) is 0.0156. The summed E-state index contributed by atoms with van der Waals surface area (Å²) in [4.78, 5) is 10.8. The largest absolute Gasteiger partial charge is 0.395 e. The Morgan fingerprint density at radius 2 is 1.86 bits per heavy atom. The minimum absolute atomic E-state index is 0.0665. The van der Waals surface area contributed by atoms with Crippen LogP contribution in [0.3, 0.4) is 0 Å². The zero-order valence-electron chi connectivity index (χ0n) is 8.75. The first-order chi connectivity index (χ1) is 6.72. The fraction of sp³-hybridized carbons (Fsp3) is 0.900. The van der Waals surface area contributed by atoms with E-state index in [0.29, 0.717) is 18.6 Å². The molecule has 1 fully saturated rings. The Labute approximate surface area is 85.1 Å². The lowest BCUT2D eigenvalue weighted by atomic mass is 9.91. The zero-order valence-corrected chi connectivity index (χ0v) is 8.75. The van der Waals surface area contributed by atoms with E-state index in [-0.39, 0.29) is 12.5 Å². The number of carbonyl (C=O) groups excluding carboxylic acids is 1. The molecule has 82 valence electrons. The molecule has 3 N–H and O–H groups in total. The van der Waals surface area contributed by atoms with E-state index in [0.717, 1.165) is 25.7 Å². The van der Waals surface area contributed by atoms with Gasteiger partial charge in [0.15, 0.2) is 0 Å². The molecule has 0 aromatic heterocycles. The highest BCUT2D eigenvalue weighted by molar-refractivity contribution is 5.73. The average molecular weight is 200 g/mol. The number of hydrogen-bond donors (Lipinski definition) is 3. The highest BCUT2D eigenvalue weighted by atomic mass is 16.3. The van der Waals surface area contributed by atoms with E-state index >= 15 is 0 Å². The Hall–Kier alpha value is -0.610. The Balaban J connectivity index is 2.14. The summed E-state index contributed by atoms with van der Waals surface area (Å²) < 4.78 is 0. The van der Waals surface area contributed by atoms with Crippen LogP contribution in [0.4, 0.5) is 0 Å². The Morgan fingerprint density at radius 1 is 1.29 bits per heavy atom. The lowest BCUT2D eigenvalue weighted by molar-refractivity contribution is -0.119. The van der Waals surface area contributed by atoms with Crippen molar-refractivity contribution in [2.75, 3.05) is 13.2 Å². The summed E-state index contributed by atoms with van der Waals surface area (Å²) in [5.41, 5.74) is 0. The van der Waals surface area contributed by atoms with Gasteiger partial charge in [-0.2, -0.15) is 0 Å². The molecule has 1 saturated carbocycles. The van der Waals surface area contributed by atoms with E-state index in [9.17, 15) is 4.79 Å². The molecule has 0 aromatic rings. The lowest BCUT2D eigenvalue weighted by Crippen LogP contribution is -2.42. The van der Waals surface area contributed by atoms with Gasteiger partial charge in [-0.25, -0.2) is 0 Å². The van der Waals surface area contributed by atoms with E-state index in [4.69, 9.17) is 5.11 Å². The first-order valence-corrected chi connectivity index (χ1v) is 5.33. The van der Waals surface area contributed by atoms with Crippen molar-refractivity contribution < 1.29 is 9.90 Å². The molecule has 4 heteroatoms. The van der Waals surface area contributed by atoms with Gasteiger partial charge in [0.2, 0.25) is 5.91 Å². The van der Waals surface area contributed by atoms with E-state index in [1.54, 1.807) is 6.92 Å². The molecule has 0 radical (unpaired) electrons. The summed E-state index contributed by atoms with van der Waals surface area (Å²) in [7, 11) is 0. The molecule has 1 aliphatic carbocycles. The molecule has 0 atom stereocenters. The molecule has 0 bridgehead atoms. The maximum Gasteiger partial charge on any atom is 0.217 e. The highest BCUT2D eigenvalue weighted by Gasteiger charge is 2.20. The standard InChI is InChI=1S/C10H20N2O2/c1-8(14)12-10-4-2-9(3-5-10)11-6-7-13/h9-11,13H,2-7H2,1H3,(H,12,14). The molecule has 0 aromatic carbocycles. The summed E-state index contributed by atoms with van der Waals surface area (Å²) in [6, 6.07) is 0.881. The van der Waals surface area contributed by atoms with Crippen molar-refractivity contribution in [3.63, 3.8) is 0 Å². The van der Waals surface area contributed by atoms with Crippen LogP contribution in [0.25, 0.3) is 0 Å². The summed E-state index contributed by atoms with van der Waals surface area (Å²) in [6.45, 7) is 2.44. The second-order valence-electron chi connectivity index (χ2n) is 3.93. The van der Waals surface area contributed by atoms with Crippen LogP contribution in [0.1, 0.15) is 32.6 Å². The van der Waals surface area contributed by atoms with Gasteiger partial charge >= 0.3 is 0 Å². The molecule has 0 spiro atoms. The first-order valence-electron chi connectivity index (χ1n) is 5.33. The van der Waals surface area contributed by atoms with Crippen molar-refractivity contribution in [2.24, 2.45) is 0 Å². The van der Waals surface area contributed by atoms with Crippen LogP contribution in [-0.4, -0.2) is 36.2 Å². The smallest absolute Gasteiger partial charge is 0.217 e. The number of carbonyl (C=O) groups is 1. The molecule has 1 rings (SSSR count).